The maximum atomic E-state index is 13.0. The SMILES string of the molecule is CCN1C(=O)/C(=C\c2ccc(-c3ccc(C)cc3[N+](=O)[O-])o2)S/C1=N/c1nc(-c2ccccc2)cs1. The molecule has 1 amide bonds. The predicted octanol–water partition coefficient (Wildman–Crippen LogP) is 6.91. The number of carbonyl (C=O) groups excluding carboxylic acids is 1. The Kier molecular flexibility index (Phi) is 6.53. The molecule has 36 heavy (non-hydrogen) atoms. The van der Waals surface area contributed by atoms with Crippen molar-refractivity contribution in [2.45, 2.75) is 13.8 Å². The van der Waals surface area contributed by atoms with Gasteiger partial charge in [-0.25, -0.2) is 4.98 Å². The second kappa shape index (κ2) is 9.92. The lowest BCUT2D eigenvalue weighted by Gasteiger charge is -2.11. The molecule has 5 rings (SSSR count). The molecule has 1 aliphatic heterocycles. The molecule has 0 bridgehead atoms. The van der Waals surface area contributed by atoms with Crippen molar-refractivity contribution in [1.29, 1.82) is 0 Å². The highest BCUT2D eigenvalue weighted by molar-refractivity contribution is 8.18. The molecule has 2 aromatic carbocycles. The van der Waals surface area contributed by atoms with Crippen molar-refractivity contribution in [1.82, 2.24) is 9.88 Å². The number of nitro groups is 1. The fraction of sp³-hybridized carbons (Fsp3) is 0.115. The Balaban J connectivity index is 1.41. The van der Waals surface area contributed by atoms with E-state index in [0.29, 0.717) is 38.8 Å². The summed E-state index contributed by atoms with van der Waals surface area (Å²) in [7, 11) is 0. The summed E-state index contributed by atoms with van der Waals surface area (Å²) in [5.41, 5.74) is 2.98. The van der Waals surface area contributed by atoms with E-state index in [1.54, 1.807) is 42.2 Å². The first kappa shape index (κ1) is 23.7. The summed E-state index contributed by atoms with van der Waals surface area (Å²) >= 11 is 2.66. The number of aromatic nitrogens is 1. The van der Waals surface area contributed by atoms with Crippen LogP contribution in [0.5, 0.6) is 0 Å². The van der Waals surface area contributed by atoms with E-state index in [4.69, 9.17) is 4.42 Å². The Morgan fingerprint density at radius 2 is 1.97 bits per heavy atom. The molecular weight excluding hydrogens is 496 g/mol. The molecule has 0 radical (unpaired) electrons. The number of aliphatic imine (C=N–C) groups is 1. The summed E-state index contributed by atoms with van der Waals surface area (Å²) < 4.78 is 5.87. The standard InChI is InChI=1S/C26H20N4O4S2/c1-3-29-24(31)23(36-26(29)28-25-27-20(15-35-25)17-7-5-4-6-8-17)14-18-10-12-22(34-18)19-11-9-16(2)13-21(19)30(32)33/h4-15H,3H2,1-2H3/b23-14+,28-26+. The Labute approximate surface area is 215 Å². The van der Waals surface area contributed by atoms with Crippen molar-refractivity contribution in [3.63, 3.8) is 0 Å². The topological polar surface area (TPSA) is 102 Å². The van der Waals surface area contributed by atoms with Gasteiger partial charge in [0.05, 0.1) is 21.1 Å². The lowest BCUT2D eigenvalue weighted by Crippen LogP contribution is -2.28. The van der Waals surface area contributed by atoms with E-state index in [2.05, 4.69) is 9.98 Å². The first-order valence-corrected chi connectivity index (χ1v) is 12.8. The van der Waals surface area contributed by atoms with E-state index in [-0.39, 0.29) is 11.6 Å². The molecule has 1 fully saturated rings. The van der Waals surface area contributed by atoms with Gasteiger partial charge in [-0.15, -0.1) is 11.3 Å². The molecule has 0 aliphatic carbocycles. The second-order valence-corrected chi connectivity index (χ2v) is 9.76. The van der Waals surface area contributed by atoms with Crippen LogP contribution in [0.1, 0.15) is 18.2 Å². The first-order valence-electron chi connectivity index (χ1n) is 11.1. The van der Waals surface area contributed by atoms with Crippen LogP contribution in [0.2, 0.25) is 0 Å². The highest BCUT2D eigenvalue weighted by Gasteiger charge is 2.33. The number of rotatable bonds is 6. The van der Waals surface area contributed by atoms with Gasteiger partial charge in [-0.2, -0.15) is 4.99 Å². The largest absolute Gasteiger partial charge is 0.456 e. The zero-order chi connectivity index (χ0) is 25.2. The van der Waals surface area contributed by atoms with Crippen LogP contribution in [0.4, 0.5) is 10.8 Å². The molecule has 1 saturated heterocycles. The Morgan fingerprint density at radius 3 is 2.72 bits per heavy atom. The normalized spacial score (nSPS) is 15.8. The van der Waals surface area contributed by atoms with E-state index in [1.165, 1.54) is 29.2 Å². The number of amidine groups is 1. The number of benzene rings is 2. The molecule has 1 aliphatic rings. The van der Waals surface area contributed by atoms with E-state index in [9.17, 15) is 14.9 Å². The predicted molar refractivity (Wildman–Crippen MR) is 143 cm³/mol. The molecule has 0 saturated carbocycles. The van der Waals surface area contributed by atoms with E-state index >= 15 is 0 Å². The van der Waals surface area contributed by atoms with Crippen LogP contribution in [-0.2, 0) is 4.79 Å². The molecule has 0 unspecified atom stereocenters. The zero-order valence-corrected chi connectivity index (χ0v) is 21.0. The van der Waals surface area contributed by atoms with Crippen LogP contribution in [0.15, 0.2) is 80.4 Å². The van der Waals surface area contributed by atoms with Crippen molar-refractivity contribution in [2.24, 2.45) is 4.99 Å². The average Bonchev–Trinajstić information content (AvgIpc) is 3.60. The molecule has 0 N–H and O–H groups in total. The zero-order valence-electron chi connectivity index (χ0n) is 19.4. The van der Waals surface area contributed by atoms with Gasteiger partial charge < -0.3 is 4.42 Å². The average molecular weight is 517 g/mol. The number of thiazole rings is 1. The highest BCUT2D eigenvalue weighted by Crippen LogP contribution is 2.37. The second-order valence-electron chi connectivity index (χ2n) is 7.92. The fourth-order valence-corrected chi connectivity index (χ4v) is 5.49. The number of aryl methyl sites for hydroxylation is 1. The van der Waals surface area contributed by atoms with Crippen molar-refractivity contribution in [3.05, 3.63) is 92.4 Å². The number of nitro benzene ring substituents is 1. The number of carbonyl (C=O) groups is 1. The quantitative estimate of drug-likeness (QED) is 0.157. The summed E-state index contributed by atoms with van der Waals surface area (Å²) in [6.45, 7) is 4.14. The van der Waals surface area contributed by atoms with Crippen molar-refractivity contribution in [3.8, 4) is 22.6 Å². The van der Waals surface area contributed by atoms with E-state index in [1.807, 2.05) is 42.6 Å². The maximum Gasteiger partial charge on any atom is 0.280 e. The van der Waals surface area contributed by atoms with Crippen LogP contribution in [-0.4, -0.2) is 32.4 Å². The number of hydrogen-bond acceptors (Lipinski definition) is 8. The molecule has 4 aromatic rings. The van der Waals surface area contributed by atoms with Gasteiger partial charge in [0.2, 0.25) is 5.13 Å². The Morgan fingerprint density at radius 1 is 1.17 bits per heavy atom. The van der Waals surface area contributed by atoms with Gasteiger partial charge in [0.15, 0.2) is 5.17 Å². The highest BCUT2D eigenvalue weighted by atomic mass is 32.2. The smallest absolute Gasteiger partial charge is 0.280 e. The van der Waals surface area contributed by atoms with Crippen molar-refractivity contribution < 1.29 is 14.1 Å². The number of nitrogens with zero attached hydrogens (tertiary/aromatic N) is 4. The third-order valence-electron chi connectivity index (χ3n) is 5.47. The Hall–Kier alpha value is -4.02. The van der Waals surface area contributed by atoms with Gasteiger partial charge >= 0.3 is 0 Å². The number of amides is 1. The van der Waals surface area contributed by atoms with Crippen LogP contribution in [0, 0.1) is 17.0 Å². The number of likely N-dealkylation sites (N-methyl/N-ethyl adjacent to an activating group) is 1. The Bertz CT molecular complexity index is 1520. The molecule has 8 nitrogen and oxygen atoms in total. The van der Waals surface area contributed by atoms with E-state index in [0.717, 1.165) is 16.8 Å². The summed E-state index contributed by atoms with van der Waals surface area (Å²) in [5.74, 6) is 0.607. The van der Waals surface area contributed by atoms with Gasteiger partial charge in [-0.1, -0.05) is 36.4 Å². The summed E-state index contributed by atoms with van der Waals surface area (Å²) in [5, 5.41) is 14.5. The van der Waals surface area contributed by atoms with Gasteiger partial charge in [0, 0.05) is 29.6 Å². The minimum absolute atomic E-state index is 0.0280. The van der Waals surface area contributed by atoms with Gasteiger partial charge in [-0.05, 0) is 49.4 Å². The lowest BCUT2D eigenvalue weighted by atomic mass is 10.1. The minimum Gasteiger partial charge on any atom is -0.456 e. The molecule has 10 heteroatoms. The molecule has 2 aromatic heterocycles. The van der Waals surface area contributed by atoms with Crippen LogP contribution in [0.25, 0.3) is 28.7 Å². The molecule has 3 heterocycles. The van der Waals surface area contributed by atoms with Crippen molar-refractivity contribution >= 4 is 51.1 Å². The van der Waals surface area contributed by atoms with Crippen molar-refractivity contribution in [2.75, 3.05) is 6.54 Å². The van der Waals surface area contributed by atoms with Gasteiger partial charge in [-0.3, -0.25) is 19.8 Å². The summed E-state index contributed by atoms with van der Waals surface area (Å²) in [4.78, 5) is 35.4. The first-order chi connectivity index (χ1) is 17.4. The molecular formula is C26H20N4O4S2. The summed E-state index contributed by atoms with van der Waals surface area (Å²) in [6.07, 6.45) is 1.64. The van der Waals surface area contributed by atoms with E-state index < -0.39 is 4.92 Å². The molecule has 0 spiro atoms. The van der Waals surface area contributed by atoms with Crippen LogP contribution in [0.3, 0.4) is 0 Å². The number of hydrogen-bond donors (Lipinski definition) is 0. The fourth-order valence-electron chi connectivity index (χ4n) is 3.71. The number of thioether (sulfide) groups is 1. The maximum absolute atomic E-state index is 13.0. The third kappa shape index (κ3) is 4.73. The third-order valence-corrected chi connectivity index (χ3v) is 7.21. The molecule has 0 atom stereocenters. The molecule has 180 valence electrons. The number of furan rings is 1. The van der Waals surface area contributed by atoms with Crippen LogP contribution < -0.4 is 0 Å². The summed E-state index contributed by atoms with van der Waals surface area (Å²) in [6, 6.07) is 18.2. The monoisotopic (exact) mass is 516 g/mol. The van der Waals surface area contributed by atoms with Crippen LogP contribution >= 0.6 is 23.1 Å². The minimum atomic E-state index is -0.428. The lowest BCUT2D eigenvalue weighted by molar-refractivity contribution is -0.384. The van der Waals surface area contributed by atoms with Gasteiger partial charge in [0.1, 0.15) is 11.5 Å². The van der Waals surface area contributed by atoms with Gasteiger partial charge in [0.25, 0.3) is 11.6 Å².